The number of nitrogens with zero attached hydrogens (tertiary/aromatic N) is 4. The highest BCUT2D eigenvalue weighted by Gasteiger charge is 2.31. The number of ether oxygens (including phenoxy) is 1. The van der Waals surface area contributed by atoms with E-state index in [1.54, 1.807) is 6.07 Å². The van der Waals surface area contributed by atoms with Gasteiger partial charge in [-0.2, -0.15) is 4.98 Å². The van der Waals surface area contributed by atoms with Crippen molar-refractivity contribution in [1.29, 1.82) is 0 Å². The van der Waals surface area contributed by atoms with E-state index in [-0.39, 0.29) is 12.0 Å². The third-order valence-corrected chi connectivity index (χ3v) is 4.69. The Morgan fingerprint density at radius 2 is 1.92 bits per heavy atom. The molecule has 2 aliphatic rings. The van der Waals surface area contributed by atoms with Crippen LogP contribution in [0.25, 0.3) is 0 Å². The van der Waals surface area contributed by atoms with Crippen LogP contribution in [-0.2, 0) is 0 Å². The van der Waals surface area contributed by atoms with Crippen LogP contribution in [0, 0.1) is 13.8 Å². The van der Waals surface area contributed by atoms with Crippen molar-refractivity contribution >= 4 is 5.91 Å². The van der Waals surface area contributed by atoms with Crippen molar-refractivity contribution < 1.29 is 14.1 Å². The van der Waals surface area contributed by atoms with Crippen LogP contribution in [0.4, 0.5) is 0 Å². The lowest BCUT2D eigenvalue weighted by Gasteiger charge is -2.31. The summed E-state index contributed by atoms with van der Waals surface area (Å²) in [4.78, 5) is 23.0. The molecule has 25 heavy (non-hydrogen) atoms. The van der Waals surface area contributed by atoms with Crippen LogP contribution in [0.5, 0.6) is 5.88 Å². The summed E-state index contributed by atoms with van der Waals surface area (Å²) < 4.78 is 11.3. The van der Waals surface area contributed by atoms with Gasteiger partial charge >= 0.3 is 0 Å². The highest BCUT2D eigenvalue weighted by molar-refractivity contribution is 5.92. The Labute approximate surface area is 146 Å². The first-order valence-electron chi connectivity index (χ1n) is 8.83. The van der Waals surface area contributed by atoms with Gasteiger partial charge in [-0.25, -0.2) is 4.98 Å². The van der Waals surface area contributed by atoms with Crippen LogP contribution in [0.1, 0.15) is 59.4 Å². The zero-order valence-corrected chi connectivity index (χ0v) is 14.6. The van der Waals surface area contributed by atoms with Crippen LogP contribution in [0.15, 0.2) is 16.7 Å². The molecular weight excluding hydrogens is 320 g/mol. The van der Waals surface area contributed by atoms with Gasteiger partial charge in [0.05, 0.1) is 0 Å². The number of likely N-dealkylation sites (tertiary alicyclic amines) is 1. The van der Waals surface area contributed by atoms with Crippen molar-refractivity contribution in [3.05, 3.63) is 35.1 Å². The fourth-order valence-corrected chi connectivity index (χ4v) is 3.20. The third-order valence-electron chi connectivity index (χ3n) is 4.69. The van der Waals surface area contributed by atoms with Crippen molar-refractivity contribution in [3.8, 4) is 5.88 Å². The minimum absolute atomic E-state index is 0.0529. The number of aryl methyl sites for hydroxylation is 2. The number of hydrogen-bond donors (Lipinski definition) is 0. The Hall–Kier alpha value is -2.44. The molecule has 4 rings (SSSR count). The highest BCUT2D eigenvalue weighted by Crippen LogP contribution is 2.40. The Balaban J connectivity index is 1.33. The first-order valence-corrected chi connectivity index (χ1v) is 8.83. The molecule has 0 bridgehead atoms. The number of rotatable bonds is 4. The standard InChI is InChI=1S/C18H22N4O3/c1-11-9-17(20-12(2)19-11)24-14-5-7-22(8-6-14)18(23)15-10-16(25-21-15)13-3-4-13/h9-10,13-14H,3-8H2,1-2H3. The Morgan fingerprint density at radius 1 is 1.16 bits per heavy atom. The molecule has 7 nitrogen and oxygen atoms in total. The van der Waals surface area contributed by atoms with E-state index in [1.807, 2.05) is 24.8 Å². The van der Waals surface area contributed by atoms with Crippen LogP contribution in [0.3, 0.4) is 0 Å². The van der Waals surface area contributed by atoms with E-state index in [9.17, 15) is 4.79 Å². The summed E-state index contributed by atoms with van der Waals surface area (Å²) in [5, 5.41) is 3.94. The second kappa shape index (κ2) is 6.46. The molecule has 132 valence electrons. The number of amides is 1. The van der Waals surface area contributed by atoms with E-state index in [0.29, 0.717) is 36.4 Å². The van der Waals surface area contributed by atoms with Crippen molar-refractivity contribution in [2.75, 3.05) is 13.1 Å². The smallest absolute Gasteiger partial charge is 0.276 e. The van der Waals surface area contributed by atoms with Crippen LogP contribution in [0.2, 0.25) is 0 Å². The van der Waals surface area contributed by atoms with Crippen molar-refractivity contribution in [1.82, 2.24) is 20.0 Å². The third kappa shape index (κ3) is 3.65. The number of carbonyl (C=O) groups is 1. The summed E-state index contributed by atoms with van der Waals surface area (Å²) in [6.45, 7) is 5.09. The minimum Gasteiger partial charge on any atom is -0.474 e. The number of carbonyl (C=O) groups excluding carboxylic acids is 1. The molecule has 0 spiro atoms. The molecule has 1 amide bonds. The average molecular weight is 342 g/mol. The Bertz CT molecular complexity index is 756. The monoisotopic (exact) mass is 342 g/mol. The van der Waals surface area contributed by atoms with Gasteiger partial charge in [-0.05, 0) is 26.7 Å². The summed E-state index contributed by atoms with van der Waals surface area (Å²) in [7, 11) is 0. The van der Waals surface area contributed by atoms with E-state index < -0.39 is 0 Å². The van der Waals surface area contributed by atoms with E-state index >= 15 is 0 Å². The summed E-state index contributed by atoms with van der Waals surface area (Å²) in [6, 6.07) is 3.65. The summed E-state index contributed by atoms with van der Waals surface area (Å²) in [6.07, 6.45) is 3.89. The van der Waals surface area contributed by atoms with E-state index in [4.69, 9.17) is 9.26 Å². The van der Waals surface area contributed by atoms with Crippen molar-refractivity contribution in [2.45, 2.75) is 51.6 Å². The predicted octanol–water partition coefficient (Wildman–Crippen LogP) is 2.64. The molecule has 1 saturated carbocycles. The number of hydrogen-bond acceptors (Lipinski definition) is 6. The Morgan fingerprint density at radius 3 is 2.60 bits per heavy atom. The SMILES string of the molecule is Cc1cc(OC2CCN(C(=O)c3cc(C4CC4)on3)CC2)nc(C)n1. The van der Waals surface area contributed by atoms with Gasteiger partial charge in [0, 0.05) is 49.7 Å². The van der Waals surface area contributed by atoms with Crippen molar-refractivity contribution in [3.63, 3.8) is 0 Å². The lowest BCUT2D eigenvalue weighted by atomic mass is 10.1. The van der Waals surface area contributed by atoms with Crippen LogP contribution >= 0.6 is 0 Å². The van der Waals surface area contributed by atoms with E-state index in [0.717, 1.165) is 37.1 Å². The molecule has 0 radical (unpaired) electrons. The molecule has 0 atom stereocenters. The zero-order chi connectivity index (χ0) is 17.4. The molecule has 2 aromatic heterocycles. The van der Waals surface area contributed by atoms with Gasteiger partial charge in [-0.1, -0.05) is 5.16 Å². The van der Waals surface area contributed by atoms with Gasteiger partial charge in [0.15, 0.2) is 5.69 Å². The van der Waals surface area contributed by atoms with E-state index in [1.165, 1.54) is 0 Å². The van der Waals surface area contributed by atoms with Gasteiger partial charge in [0.2, 0.25) is 5.88 Å². The van der Waals surface area contributed by atoms with Gasteiger partial charge in [0.1, 0.15) is 17.7 Å². The largest absolute Gasteiger partial charge is 0.474 e. The first kappa shape index (κ1) is 16.1. The van der Waals surface area contributed by atoms with E-state index in [2.05, 4.69) is 15.1 Å². The lowest BCUT2D eigenvalue weighted by molar-refractivity contribution is 0.0578. The molecule has 0 aromatic carbocycles. The maximum Gasteiger partial charge on any atom is 0.276 e. The molecule has 0 N–H and O–H groups in total. The quantitative estimate of drug-likeness (QED) is 0.849. The second-order valence-corrected chi connectivity index (χ2v) is 6.89. The molecule has 2 aromatic rings. The second-order valence-electron chi connectivity index (χ2n) is 6.89. The molecular formula is C18H22N4O3. The lowest BCUT2D eigenvalue weighted by Crippen LogP contribution is -2.42. The topological polar surface area (TPSA) is 81.4 Å². The maximum absolute atomic E-state index is 12.6. The first-order chi connectivity index (χ1) is 12.1. The summed E-state index contributed by atoms with van der Waals surface area (Å²) >= 11 is 0. The molecule has 0 unspecified atom stereocenters. The average Bonchev–Trinajstić information content (AvgIpc) is 3.31. The highest BCUT2D eigenvalue weighted by atomic mass is 16.5. The Kier molecular flexibility index (Phi) is 4.15. The van der Waals surface area contributed by atoms with Gasteiger partial charge in [-0.3, -0.25) is 4.79 Å². The molecule has 3 heterocycles. The van der Waals surface area contributed by atoms with Crippen LogP contribution in [-0.4, -0.2) is 45.1 Å². The zero-order valence-electron chi connectivity index (χ0n) is 14.6. The molecule has 1 aliphatic carbocycles. The molecule has 1 aliphatic heterocycles. The van der Waals surface area contributed by atoms with Gasteiger partial charge < -0.3 is 14.2 Å². The fraction of sp³-hybridized carbons (Fsp3) is 0.556. The number of piperidine rings is 1. The fourth-order valence-electron chi connectivity index (χ4n) is 3.20. The summed E-state index contributed by atoms with van der Waals surface area (Å²) in [5.41, 5.74) is 1.32. The van der Waals surface area contributed by atoms with Crippen LogP contribution < -0.4 is 4.74 Å². The van der Waals surface area contributed by atoms with Crippen molar-refractivity contribution in [2.24, 2.45) is 0 Å². The normalized spacial score (nSPS) is 18.4. The summed E-state index contributed by atoms with van der Waals surface area (Å²) in [5.74, 6) is 2.58. The number of aromatic nitrogens is 3. The van der Waals surface area contributed by atoms with Gasteiger partial charge in [0.25, 0.3) is 5.91 Å². The maximum atomic E-state index is 12.6. The predicted molar refractivity (Wildman–Crippen MR) is 89.5 cm³/mol. The minimum atomic E-state index is -0.0529. The molecule has 7 heteroatoms. The molecule has 1 saturated heterocycles. The molecule has 2 fully saturated rings. The van der Waals surface area contributed by atoms with Gasteiger partial charge in [-0.15, -0.1) is 0 Å².